The molecule has 0 aliphatic heterocycles. The Morgan fingerprint density at radius 1 is 1.46 bits per heavy atom. The number of Topliss-reactive ketones (excluding diaryl/α,β-unsaturated/α-hetero) is 1. The maximum absolute atomic E-state index is 11.3. The number of carbonyl (C=O) groups excluding carboxylic acids is 2. The Bertz CT molecular complexity index is 199. The molecule has 0 spiro atoms. The van der Waals surface area contributed by atoms with Crippen LogP contribution in [0.15, 0.2) is 0 Å². The second kappa shape index (κ2) is 5.37. The lowest BCUT2D eigenvalue weighted by atomic mass is 10.0. The van der Waals surface area contributed by atoms with Crippen LogP contribution in [0.4, 0.5) is 0 Å². The van der Waals surface area contributed by atoms with E-state index < -0.39 is 4.32 Å². The summed E-state index contributed by atoms with van der Waals surface area (Å²) in [6.07, 6.45) is 0.863. The highest BCUT2D eigenvalue weighted by atomic mass is 79.9. The number of carbonyl (C=O) groups is 2. The van der Waals surface area contributed by atoms with Gasteiger partial charge in [-0.1, -0.05) is 15.9 Å². The van der Waals surface area contributed by atoms with Gasteiger partial charge in [0.2, 0.25) is 0 Å². The highest BCUT2D eigenvalue weighted by Crippen LogP contribution is 2.25. The van der Waals surface area contributed by atoms with E-state index in [-0.39, 0.29) is 11.8 Å². The molecule has 76 valence electrons. The van der Waals surface area contributed by atoms with Gasteiger partial charge < -0.3 is 9.53 Å². The van der Waals surface area contributed by atoms with Gasteiger partial charge in [-0.25, -0.2) is 0 Å². The molecule has 0 fully saturated rings. The highest BCUT2D eigenvalue weighted by Gasteiger charge is 2.31. The summed E-state index contributed by atoms with van der Waals surface area (Å²) in [5, 5.41) is 0. The molecule has 0 aliphatic carbocycles. The molecular formula is C9H15BrO3. The molecule has 13 heavy (non-hydrogen) atoms. The first-order valence-electron chi connectivity index (χ1n) is 4.25. The average Bonchev–Trinajstić information content (AvgIpc) is 2.01. The van der Waals surface area contributed by atoms with E-state index >= 15 is 0 Å². The minimum absolute atomic E-state index is 0.0787. The second-order valence-electron chi connectivity index (χ2n) is 3.12. The van der Waals surface area contributed by atoms with Crippen LogP contribution >= 0.6 is 15.9 Å². The van der Waals surface area contributed by atoms with Gasteiger partial charge in [-0.2, -0.15) is 0 Å². The summed E-state index contributed by atoms with van der Waals surface area (Å²) in [6, 6.07) is 0. The van der Waals surface area contributed by atoms with E-state index in [1.165, 1.54) is 6.92 Å². The maximum Gasteiger partial charge on any atom is 0.322 e. The molecule has 0 bridgehead atoms. The summed E-state index contributed by atoms with van der Waals surface area (Å²) in [4.78, 5) is 22.0. The van der Waals surface area contributed by atoms with Crippen LogP contribution in [0.3, 0.4) is 0 Å². The fraction of sp³-hybridized carbons (Fsp3) is 0.778. The van der Waals surface area contributed by atoms with E-state index in [2.05, 4.69) is 15.9 Å². The van der Waals surface area contributed by atoms with Crippen LogP contribution in [-0.2, 0) is 14.3 Å². The van der Waals surface area contributed by atoms with Gasteiger partial charge in [-0.3, -0.25) is 4.79 Å². The zero-order chi connectivity index (χ0) is 10.5. The molecule has 0 heterocycles. The molecule has 0 N–H and O–H groups in total. The fourth-order valence-electron chi connectivity index (χ4n) is 0.794. The van der Waals surface area contributed by atoms with Gasteiger partial charge in [0, 0.05) is 6.42 Å². The lowest BCUT2D eigenvalue weighted by molar-refractivity contribution is -0.145. The molecule has 0 radical (unpaired) electrons. The Balaban J connectivity index is 4.05. The third kappa shape index (κ3) is 5.03. The molecule has 1 atom stereocenters. The van der Waals surface area contributed by atoms with Gasteiger partial charge in [0.05, 0.1) is 6.61 Å². The zero-order valence-corrected chi connectivity index (χ0v) is 9.81. The van der Waals surface area contributed by atoms with E-state index in [0.29, 0.717) is 19.4 Å². The quantitative estimate of drug-likeness (QED) is 0.555. The largest absolute Gasteiger partial charge is 0.465 e. The maximum atomic E-state index is 11.3. The highest BCUT2D eigenvalue weighted by molar-refractivity contribution is 9.10. The Labute approximate surface area is 87.0 Å². The smallest absolute Gasteiger partial charge is 0.322 e. The zero-order valence-electron chi connectivity index (χ0n) is 8.22. The van der Waals surface area contributed by atoms with Gasteiger partial charge in [0.25, 0.3) is 0 Å². The van der Waals surface area contributed by atoms with E-state index in [0.717, 1.165) is 0 Å². The summed E-state index contributed by atoms with van der Waals surface area (Å²) in [7, 11) is 0. The van der Waals surface area contributed by atoms with E-state index in [9.17, 15) is 9.59 Å². The van der Waals surface area contributed by atoms with Crippen molar-refractivity contribution < 1.29 is 14.3 Å². The Morgan fingerprint density at radius 2 is 2.00 bits per heavy atom. The molecule has 0 aromatic heterocycles. The summed E-state index contributed by atoms with van der Waals surface area (Å²) in [6.45, 7) is 5.34. The number of esters is 1. The fourth-order valence-corrected chi connectivity index (χ4v) is 1.11. The van der Waals surface area contributed by atoms with Crippen LogP contribution in [0.2, 0.25) is 0 Å². The molecule has 4 heteroatoms. The SMILES string of the molecule is CCOC(=O)C(C)(Br)CCC(C)=O. The number of hydrogen-bond acceptors (Lipinski definition) is 3. The van der Waals surface area contributed by atoms with Gasteiger partial charge in [-0.15, -0.1) is 0 Å². The van der Waals surface area contributed by atoms with E-state index in [1.54, 1.807) is 13.8 Å². The molecule has 0 rings (SSSR count). The molecule has 1 unspecified atom stereocenters. The number of ether oxygens (including phenoxy) is 1. The van der Waals surface area contributed by atoms with Crippen LogP contribution in [-0.4, -0.2) is 22.7 Å². The van der Waals surface area contributed by atoms with Crippen molar-refractivity contribution in [3.05, 3.63) is 0 Å². The molecule has 0 aromatic carbocycles. The predicted molar refractivity (Wildman–Crippen MR) is 53.9 cm³/mol. The summed E-state index contributed by atoms with van der Waals surface area (Å²) in [5.41, 5.74) is 0. The van der Waals surface area contributed by atoms with Crippen molar-refractivity contribution in [2.75, 3.05) is 6.61 Å². The van der Waals surface area contributed by atoms with Gasteiger partial charge >= 0.3 is 5.97 Å². The third-order valence-corrected chi connectivity index (χ3v) is 2.37. The van der Waals surface area contributed by atoms with Gasteiger partial charge in [0.15, 0.2) is 0 Å². The van der Waals surface area contributed by atoms with Crippen molar-refractivity contribution in [2.45, 2.75) is 37.9 Å². The van der Waals surface area contributed by atoms with Crippen LogP contribution in [0.25, 0.3) is 0 Å². The number of halogens is 1. The average molecular weight is 251 g/mol. The molecule has 0 aromatic rings. The second-order valence-corrected chi connectivity index (χ2v) is 4.87. The number of hydrogen-bond donors (Lipinski definition) is 0. The first kappa shape index (κ1) is 12.6. The Morgan fingerprint density at radius 3 is 2.38 bits per heavy atom. The molecule has 0 amide bonds. The lowest BCUT2D eigenvalue weighted by Crippen LogP contribution is -2.30. The molecule has 0 saturated heterocycles. The number of alkyl halides is 1. The van der Waals surface area contributed by atoms with Crippen LogP contribution in [0.1, 0.15) is 33.6 Å². The van der Waals surface area contributed by atoms with Crippen LogP contribution in [0, 0.1) is 0 Å². The van der Waals surface area contributed by atoms with Crippen molar-refractivity contribution in [1.82, 2.24) is 0 Å². The molecular weight excluding hydrogens is 236 g/mol. The molecule has 0 aliphatic rings. The monoisotopic (exact) mass is 250 g/mol. The van der Waals surface area contributed by atoms with Crippen molar-refractivity contribution in [3.8, 4) is 0 Å². The van der Waals surface area contributed by atoms with E-state index in [4.69, 9.17) is 4.74 Å². The third-order valence-electron chi connectivity index (χ3n) is 1.65. The Hall–Kier alpha value is -0.380. The normalized spacial score (nSPS) is 14.8. The standard InChI is InChI=1S/C9H15BrO3/c1-4-13-8(12)9(3,10)6-5-7(2)11/h4-6H2,1-3H3. The van der Waals surface area contributed by atoms with Crippen molar-refractivity contribution in [1.29, 1.82) is 0 Å². The number of rotatable bonds is 5. The Kier molecular flexibility index (Phi) is 5.21. The lowest BCUT2D eigenvalue weighted by Gasteiger charge is -2.19. The first-order chi connectivity index (χ1) is 5.90. The molecule has 0 saturated carbocycles. The van der Waals surface area contributed by atoms with Gasteiger partial charge in [0.1, 0.15) is 10.1 Å². The van der Waals surface area contributed by atoms with Crippen molar-refractivity contribution >= 4 is 27.7 Å². The summed E-state index contributed by atoms with van der Waals surface area (Å²) < 4.78 is 4.11. The van der Waals surface area contributed by atoms with Crippen LogP contribution in [0.5, 0.6) is 0 Å². The van der Waals surface area contributed by atoms with Gasteiger partial charge in [-0.05, 0) is 27.2 Å². The minimum atomic E-state index is -0.728. The minimum Gasteiger partial charge on any atom is -0.465 e. The molecule has 3 nitrogen and oxygen atoms in total. The first-order valence-corrected chi connectivity index (χ1v) is 5.05. The summed E-state index contributed by atoms with van der Waals surface area (Å²) >= 11 is 3.25. The predicted octanol–water partition coefficient (Wildman–Crippen LogP) is 2.07. The van der Waals surface area contributed by atoms with E-state index in [1.807, 2.05) is 0 Å². The number of ketones is 1. The van der Waals surface area contributed by atoms with Crippen molar-refractivity contribution in [3.63, 3.8) is 0 Å². The topological polar surface area (TPSA) is 43.4 Å². The summed E-state index contributed by atoms with van der Waals surface area (Å²) in [5.74, 6) is -0.230. The van der Waals surface area contributed by atoms with Crippen molar-refractivity contribution in [2.24, 2.45) is 0 Å². The van der Waals surface area contributed by atoms with Crippen LogP contribution < -0.4 is 0 Å².